The lowest BCUT2D eigenvalue weighted by molar-refractivity contribution is 0.416. The van der Waals surface area contributed by atoms with Crippen LogP contribution in [-0.2, 0) is 0 Å². The summed E-state index contributed by atoms with van der Waals surface area (Å²) >= 11 is 0. The van der Waals surface area contributed by atoms with E-state index >= 15 is 0 Å². The van der Waals surface area contributed by atoms with E-state index in [1.54, 1.807) is 19.6 Å². The summed E-state index contributed by atoms with van der Waals surface area (Å²) in [5, 5.41) is 3.42. The minimum Gasteiger partial charge on any atom is -0.496 e. The number of benzene rings is 1. The topological polar surface area (TPSA) is 72.8 Å². The zero-order valence-electron chi connectivity index (χ0n) is 16.6. The van der Waals surface area contributed by atoms with Gasteiger partial charge in [0.2, 0.25) is 0 Å². The molecule has 4 aromatic rings. The van der Waals surface area contributed by atoms with Crippen molar-refractivity contribution in [2.75, 3.05) is 12.4 Å². The fourth-order valence-corrected chi connectivity index (χ4v) is 3.47. The highest BCUT2D eigenvalue weighted by Gasteiger charge is 2.21. The van der Waals surface area contributed by atoms with Crippen molar-refractivity contribution < 1.29 is 4.74 Å². The molecule has 0 amide bonds. The summed E-state index contributed by atoms with van der Waals surface area (Å²) in [5.41, 5.74) is 5.55. The van der Waals surface area contributed by atoms with Gasteiger partial charge in [-0.15, -0.1) is 0 Å². The third-order valence-corrected chi connectivity index (χ3v) is 5.11. The van der Waals surface area contributed by atoms with E-state index in [0.29, 0.717) is 6.04 Å². The largest absolute Gasteiger partial charge is 0.496 e. The van der Waals surface area contributed by atoms with E-state index in [0.717, 1.165) is 45.2 Å². The molecule has 6 heteroatoms. The molecule has 1 saturated carbocycles. The predicted molar refractivity (Wildman–Crippen MR) is 117 cm³/mol. The van der Waals surface area contributed by atoms with E-state index < -0.39 is 0 Å². The molecule has 0 aliphatic heterocycles. The van der Waals surface area contributed by atoms with Crippen molar-refractivity contribution in [2.24, 2.45) is 0 Å². The van der Waals surface area contributed by atoms with Crippen molar-refractivity contribution in [3.8, 4) is 39.4 Å². The first-order valence-corrected chi connectivity index (χ1v) is 9.94. The number of aromatic nitrogens is 4. The SMILES string of the molecule is COc1cccc(-c2cncc(-c3cc(NC4CC4)ncn3)c2)c1-c1ccccn1. The van der Waals surface area contributed by atoms with E-state index in [9.17, 15) is 0 Å². The molecule has 1 aromatic carbocycles. The van der Waals surface area contributed by atoms with Crippen molar-refractivity contribution in [3.05, 3.63) is 73.4 Å². The fraction of sp³-hybridized carbons (Fsp3) is 0.167. The molecule has 0 unspecified atom stereocenters. The number of nitrogens with one attached hydrogen (secondary N) is 1. The first kappa shape index (κ1) is 18.2. The molecule has 1 N–H and O–H groups in total. The van der Waals surface area contributed by atoms with Crippen LogP contribution in [0.25, 0.3) is 33.6 Å². The summed E-state index contributed by atoms with van der Waals surface area (Å²) in [7, 11) is 1.68. The Morgan fingerprint density at radius 3 is 2.60 bits per heavy atom. The number of methoxy groups -OCH3 is 1. The second kappa shape index (κ2) is 7.91. The number of hydrogen-bond acceptors (Lipinski definition) is 6. The lowest BCUT2D eigenvalue weighted by Gasteiger charge is -2.14. The first-order chi connectivity index (χ1) is 14.8. The second-order valence-electron chi connectivity index (χ2n) is 7.27. The van der Waals surface area contributed by atoms with Gasteiger partial charge in [0.05, 0.1) is 24.1 Å². The van der Waals surface area contributed by atoms with E-state index in [-0.39, 0.29) is 0 Å². The zero-order valence-corrected chi connectivity index (χ0v) is 16.6. The zero-order chi connectivity index (χ0) is 20.3. The van der Waals surface area contributed by atoms with Crippen LogP contribution >= 0.6 is 0 Å². The van der Waals surface area contributed by atoms with Gasteiger partial charge in [0.1, 0.15) is 17.9 Å². The van der Waals surface area contributed by atoms with E-state index in [2.05, 4.69) is 37.4 Å². The maximum absolute atomic E-state index is 5.65. The smallest absolute Gasteiger partial charge is 0.130 e. The van der Waals surface area contributed by atoms with E-state index in [4.69, 9.17) is 4.74 Å². The fourth-order valence-electron chi connectivity index (χ4n) is 3.47. The molecule has 1 aliphatic carbocycles. The van der Waals surface area contributed by atoms with Gasteiger partial charge in [-0.2, -0.15) is 0 Å². The maximum Gasteiger partial charge on any atom is 0.130 e. The Morgan fingerprint density at radius 2 is 1.80 bits per heavy atom. The Hall–Kier alpha value is -3.80. The molecule has 6 nitrogen and oxygen atoms in total. The predicted octanol–water partition coefficient (Wildman–Crippen LogP) is 4.85. The van der Waals surface area contributed by atoms with E-state index in [1.165, 1.54) is 12.8 Å². The summed E-state index contributed by atoms with van der Waals surface area (Å²) in [4.78, 5) is 17.8. The Kier molecular flexibility index (Phi) is 4.81. The van der Waals surface area contributed by atoms with Gasteiger partial charge >= 0.3 is 0 Å². The normalized spacial score (nSPS) is 13.1. The quantitative estimate of drug-likeness (QED) is 0.503. The molecule has 1 aliphatic rings. The molecule has 5 rings (SSSR count). The van der Waals surface area contributed by atoms with Crippen molar-refractivity contribution >= 4 is 5.82 Å². The molecule has 0 bridgehead atoms. The number of anilines is 1. The van der Waals surface area contributed by atoms with E-state index in [1.807, 2.05) is 48.8 Å². The molecule has 0 radical (unpaired) electrons. The summed E-state index contributed by atoms with van der Waals surface area (Å²) < 4.78 is 5.65. The molecule has 0 spiro atoms. The third kappa shape index (κ3) is 3.72. The van der Waals surface area contributed by atoms with Gasteiger partial charge in [0.25, 0.3) is 0 Å². The average molecular weight is 395 g/mol. The Bertz CT molecular complexity index is 1180. The van der Waals surface area contributed by atoms with Crippen LogP contribution in [-0.4, -0.2) is 33.1 Å². The van der Waals surface area contributed by atoms with Gasteiger partial charge in [-0.1, -0.05) is 18.2 Å². The number of pyridine rings is 2. The minimum absolute atomic E-state index is 0.537. The molecule has 3 aromatic heterocycles. The van der Waals surface area contributed by atoms with Crippen LogP contribution in [0.5, 0.6) is 5.75 Å². The van der Waals surface area contributed by atoms with Gasteiger partial charge in [-0.05, 0) is 42.7 Å². The molecule has 0 saturated heterocycles. The van der Waals surface area contributed by atoms with Crippen molar-refractivity contribution in [3.63, 3.8) is 0 Å². The second-order valence-corrected chi connectivity index (χ2v) is 7.27. The van der Waals surface area contributed by atoms with Crippen LogP contribution in [0, 0.1) is 0 Å². The highest BCUT2D eigenvalue weighted by Crippen LogP contribution is 2.38. The third-order valence-electron chi connectivity index (χ3n) is 5.11. The standard InChI is InChI=1S/C24H21N5O/c1-30-22-7-4-5-19(24(22)20-6-2-3-10-26-20)16-11-17(14-25-13-16)21-12-23(28-15-27-21)29-18-8-9-18/h2-7,10-15,18H,8-9H2,1H3,(H,27,28,29). The number of rotatable bonds is 6. The summed E-state index contributed by atoms with van der Waals surface area (Å²) in [6, 6.07) is 16.5. The van der Waals surface area contributed by atoms with Crippen LogP contribution in [0.4, 0.5) is 5.82 Å². The van der Waals surface area contributed by atoms with Crippen molar-refractivity contribution in [1.82, 2.24) is 19.9 Å². The molecule has 1 fully saturated rings. The number of nitrogens with zero attached hydrogens (tertiary/aromatic N) is 4. The summed E-state index contributed by atoms with van der Waals surface area (Å²) in [6.07, 6.45) is 9.46. The Morgan fingerprint density at radius 1 is 0.900 bits per heavy atom. The van der Waals surface area contributed by atoms with Gasteiger partial charge in [-0.25, -0.2) is 9.97 Å². The van der Waals surface area contributed by atoms with Gasteiger partial charge in [0, 0.05) is 41.8 Å². The Balaban J connectivity index is 1.58. The molecule has 148 valence electrons. The summed E-state index contributed by atoms with van der Waals surface area (Å²) in [5.74, 6) is 1.62. The van der Waals surface area contributed by atoms with Gasteiger partial charge < -0.3 is 10.1 Å². The van der Waals surface area contributed by atoms with Gasteiger partial charge in [0.15, 0.2) is 0 Å². The lowest BCUT2D eigenvalue weighted by Crippen LogP contribution is -2.03. The first-order valence-electron chi connectivity index (χ1n) is 9.94. The monoisotopic (exact) mass is 395 g/mol. The lowest BCUT2D eigenvalue weighted by atomic mass is 9.96. The van der Waals surface area contributed by atoms with Crippen molar-refractivity contribution in [2.45, 2.75) is 18.9 Å². The number of ether oxygens (including phenoxy) is 1. The Labute approximate surface area is 175 Å². The molecule has 30 heavy (non-hydrogen) atoms. The van der Waals surface area contributed by atoms with Crippen LogP contribution in [0.1, 0.15) is 12.8 Å². The van der Waals surface area contributed by atoms with Crippen LogP contribution in [0.3, 0.4) is 0 Å². The molecular weight excluding hydrogens is 374 g/mol. The highest BCUT2D eigenvalue weighted by molar-refractivity contribution is 5.87. The molecule has 0 atom stereocenters. The van der Waals surface area contributed by atoms with Crippen LogP contribution in [0.2, 0.25) is 0 Å². The van der Waals surface area contributed by atoms with Gasteiger partial charge in [-0.3, -0.25) is 9.97 Å². The number of hydrogen-bond donors (Lipinski definition) is 1. The van der Waals surface area contributed by atoms with Crippen LogP contribution in [0.15, 0.2) is 73.4 Å². The highest BCUT2D eigenvalue weighted by atomic mass is 16.5. The van der Waals surface area contributed by atoms with Crippen LogP contribution < -0.4 is 10.1 Å². The average Bonchev–Trinajstić information content (AvgIpc) is 3.63. The minimum atomic E-state index is 0.537. The maximum atomic E-state index is 5.65. The van der Waals surface area contributed by atoms with Crippen molar-refractivity contribution in [1.29, 1.82) is 0 Å². The molecular formula is C24H21N5O. The summed E-state index contributed by atoms with van der Waals surface area (Å²) in [6.45, 7) is 0. The molecule has 3 heterocycles.